The topological polar surface area (TPSA) is 32.8 Å². The highest BCUT2D eigenvalue weighted by atomic mass is 32.1. The van der Waals surface area contributed by atoms with E-state index >= 15 is 0 Å². The lowest BCUT2D eigenvalue weighted by atomic mass is 10.1. The van der Waals surface area contributed by atoms with Crippen molar-refractivity contribution in [2.45, 2.75) is 25.7 Å². The molecule has 0 bridgehead atoms. The quantitative estimate of drug-likeness (QED) is 0.809. The second kappa shape index (κ2) is 8.23. The van der Waals surface area contributed by atoms with E-state index in [0.717, 1.165) is 57.1 Å². The second-order valence-electron chi connectivity index (χ2n) is 7.00. The van der Waals surface area contributed by atoms with Crippen molar-refractivity contribution in [2.24, 2.45) is 0 Å². The predicted molar refractivity (Wildman–Crippen MR) is 107 cm³/mol. The number of hydrogen-bond donors (Lipinski definition) is 0. The standard InChI is InChI=1S/C21H26N2O2S/c24-20(22-10-6-1-2-7-11-22)19-16-18(17-8-4-3-5-9-17)21(26-19)23-12-14-25-15-13-23/h3-5,8-9,16H,1-2,6-7,10-15H2. The Balaban J connectivity index is 1.67. The van der Waals surface area contributed by atoms with Crippen LogP contribution < -0.4 is 4.90 Å². The number of morpholine rings is 1. The van der Waals surface area contributed by atoms with Crippen molar-refractivity contribution in [2.75, 3.05) is 44.3 Å². The second-order valence-corrected chi connectivity index (χ2v) is 8.03. The summed E-state index contributed by atoms with van der Waals surface area (Å²) in [7, 11) is 0. The smallest absolute Gasteiger partial charge is 0.264 e. The van der Waals surface area contributed by atoms with Crippen molar-refractivity contribution in [1.29, 1.82) is 0 Å². The van der Waals surface area contributed by atoms with E-state index in [4.69, 9.17) is 4.74 Å². The molecule has 138 valence electrons. The van der Waals surface area contributed by atoms with Crippen LogP contribution in [0, 0.1) is 0 Å². The molecule has 26 heavy (non-hydrogen) atoms. The number of carbonyl (C=O) groups is 1. The van der Waals surface area contributed by atoms with Crippen LogP contribution in [0.25, 0.3) is 11.1 Å². The fraction of sp³-hybridized carbons (Fsp3) is 0.476. The molecule has 2 fully saturated rings. The lowest BCUT2D eigenvalue weighted by Crippen LogP contribution is -2.36. The van der Waals surface area contributed by atoms with Gasteiger partial charge in [0.1, 0.15) is 0 Å². The minimum Gasteiger partial charge on any atom is -0.378 e. The van der Waals surface area contributed by atoms with Gasteiger partial charge in [-0.1, -0.05) is 43.2 Å². The third kappa shape index (κ3) is 3.79. The number of nitrogens with zero attached hydrogens (tertiary/aromatic N) is 2. The van der Waals surface area contributed by atoms with E-state index < -0.39 is 0 Å². The maximum Gasteiger partial charge on any atom is 0.264 e. The molecule has 0 saturated carbocycles. The molecule has 4 nitrogen and oxygen atoms in total. The summed E-state index contributed by atoms with van der Waals surface area (Å²) in [6.07, 6.45) is 4.73. The van der Waals surface area contributed by atoms with Crippen LogP contribution in [-0.4, -0.2) is 50.2 Å². The number of rotatable bonds is 3. The van der Waals surface area contributed by atoms with Crippen LogP contribution in [0.1, 0.15) is 35.4 Å². The Kier molecular flexibility index (Phi) is 5.56. The van der Waals surface area contributed by atoms with Gasteiger partial charge in [0.2, 0.25) is 0 Å². The summed E-state index contributed by atoms with van der Waals surface area (Å²) in [5.41, 5.74) is 2.36. The van der Waals surface area contributed by atoms with Crippen molar-refractivity contribution >= 4 is 22.2 Å². The normalized spacial score (nSPS) is 18.6. The van der Waals surface area contributed by atoms with Gasteiger partial charge < -0.3 is 14.5 Å². The van der Waals surface area contributed by atoms with Gasteiger partial charge >= 0.3 is 0 Å². The lowest BCUT2D eigenvalue weighted by Gasteiger charge is -2.28. The summed E-state index contributed by atoms with van der Waals surface area (Å²) >= 11 is 1.65. The van der Waals surface area contributed by atoms with Gasteiger partial charge in [-0.15, -0.1) is 11.3 Å². The van der Waals surface area contributed by atoms with E-state index in [-0.39, 0.29) is 5.91 Å². The molecule has 2 aliphatic rings. The number of likely N-dealkylation sites (tertiary alicyclic amines) is 1. The molecule has 2 aromatic rings. The van der Waals surface area contributed by atoms with Crippen LogP contribution in [-0.2, 0) is 4.74 Å². The lowest BCUT2D eigenvalue weighted by molar-refractivity contribution is 0.0766. The molecule has 2 aliphatic heterocycles. The molecule has 2 saturated heterocycles. The van der Waals surface area contributed by atoms with Crippen LogP contribution >= 0.6 is 11.3 Å². The van der Waals surface area contributed by atoms with Crippen LogP contribution in [0.2, 0.25) is 0 Å². The molecule has 3 heterocycles. The molecule has 0 unspecified atom stereocenters. The minimum atomic E-state index is 0.202. The van der Waals surface area contributed by atoms with Gasteiger partial charge in [-0.3, -0.25) is 4.79 Å². The number of amides is 1. The number of carbonyl (C=O) groups excluding carboxylic acids is 1. The van der Waals surface area contributed by atoms with Crippen LogP contribution in [0.3, 0.4) is 0 Å². The van der Waals surface area contributed by atoms with E-state index in [2.05, 4.69) is 40.1 Å². The Labute approximate surface area is 159 Å². The fourth-order valence-electron chi connectivity index (χ4n) is 3.74. The van der Waals surface area contributed by atoms with E-state index in [1.165, 1.54) is 29.0 Å². The largest absolute Gasteiger partial charge is 0.378 e. The molecule has 1 aromatic carbocycles. The number of anilines is 1. The maximum atomic E-state index is 13.1. The first-order valence-electron chi connectivity index (χ1n) is 9.64. The Morgan fingerprint density at radius 2 is 1.62 bits per heavy atom. The van der Waals surface area contributed by atoms with Crippen molar-refractivity contribution in [3.05, 3.63) is 41.3 Å². The zero-order chi connectivity index (χ0) is 17.8. The summed E-state index contributed by atoms with van der Waals surface area (Å²) in [6, 6.07) is 12.5. The molecule has 0 N–H and O–H groups in total. The molecular formula is C21H26N2O2S. The van der Waals surface area contributed by atoms with E-state index in [1.807, 2.05) is 6.07 Å². The number of thiophene rings is 1. The molecule has 0 aliphatic carbocycles. The maximum absolute atomic E-state index is 13.1. The highest BCUT2D eigenvalue weighted by Crippen LogP contribution is 2.40. The summed E-state index contributed by atoms with van der Waals surface area (Å²) < 4.78 is 5.52. The Morgan fingerprint density at radius 3 is 2.31 bits per heavy atom. The average molecular weight is 371 g/mol. The third-order valence-electron chi connectivity index (χ3n) is 5.20. The number of ether oxygens (including phenoxy) is 1. The van der Waals surface area contributed by atoms with Crippen molar-refractivity contribution in [3.8, 4) is 11.1 Å². The average Bonchev–Trinajstić information content (AvgIpc) is 2.97. The summed E-state index contributed by atoms with van der Waals surface area (Å²) in [5, 5.41) is 1.21. The monoisotopic (exact) mass is 370 g/mol. The van der Waals surface area contributed by atoms with Gasteiger partial charge in [0.25, 0.3) is 5.91 Å². The molecule has 0 atom stereocenters. The molecule has 4 rings (SSSR count). The Hall–Kier alpha value is -1.85. The summed E-state index contributed by atoms with van der Waals surface area (Å²) in [4.78, 5) is 18.4. The minimum absolute atomic E-state index is 0.202. The number of hydrogen-bond acceptors (Lipinski definition) is 4. The van der Waals surface area contributed by atoms with Gasteiger partial charge in [0.15, 0.2) is 0 Å². The zero-order valence-electron chi connectivity index (χ0n) is 15.2. The van der Waals surface area contributed by atoms with Crippen LogP contribution in [0.15, 0.2) is 36.4 Å². The van der Waals surface area contributed by atoms with Crippen LogP contribution in [0.5, 0.6) is 0 Å². The Bertz CT molecular complexity index is 730. The number of benzene rings is 1. The molecule has 0 radical (unpaired) electrons. The highest BCUT2D eigenvalue weighted by molar-refractivity contribution is 7.18. The first kappa shape index (κ1) is 17.6. The Morgan fingerprint density at radius 1 is 0.923 bits per heavy atom. The van der Waals surface area contributed by atoms with E-state index in [0.29, 0.717) is 0 Å². The highest BCUT2D eigenvalue weighted by Gasteiger charge is 2.24. The molecule has 1 aromatic heterocycles. The molecule has 0 spiro atoms. The summed E-state index contributed by atoms with van der Waals surface area (Å²) in [5.74, 6) is 0.202. The first-order chi connectivity index (χ1) is 12.8. The zero-order valence-corrected chi connectivity index (χ0v) is 16.0. The van der Waals surface area contributed by atoms with Crippen molar-refractivity contribution in [3.63, 3.8) is 0 Å². The van der Waals surface area contributed by atoms with Crippen molar-refractivity contribution < 1.29 is 9.53 Å². The summed E-state index contributed by atoms with van der Waals surface area (Å²) in [6.45, 7) is 5.06. The fourth-order valence-corrected chi connectivity index (χ4v) is 4.94. The predicted octanol–water partition coefficient (Wildman–Crippen LogP) is 4.27. The van der Waals surface area contributed by atoms with Crippen molar-refractivity contribution in [1.82, 2.24) is 4.90 Å². The molecule has 5 heteroatoms. The van der Waals surface area contributed by atoms with Gasteiger partial charge in [0, 0.05) is 31.7 Å². The van der Waals surface area contributed by atoms with E-state index in [1.54, 1.807) is 11.3 Å². The van der Waals surface area contributed by atoms with Gasteiger partial charge in [-0.05, 0) is 24.5 Å². The first-order valence-corrected chi connectivity index (χ1v) is 10.5. The van der Waals surface area contributed by atoms with Gasteiger partial charge in [-0.2, -0.15) is 0 Å². The molecule has 1 amide bonds. The van der Waals surface area contributed by atoms with Gasteiger partial charge in [0.05, 0.1) is 23.1 Å². The molecular weight excluding hydrogens is 344 g/mol. The van der Waals surface area contributed by atoms with Gasteiger partial charge in [-0.25, -0.2) is 0 Å². The van der Waals surface area contributed by atoms with E-state index in [9.17, 15) is 4.79 Å². The third-order valence-corrected chi connectivity index (χ3v) is 6.38. The van der Waals surface area contributed by atoms with Crippen LogP contribution in [0.4, 0.5) is 5.00 Å². The SMILES string of the molecule is O=C(c1cc(-c2ccccc2)c(N2CCOCC2)s1)N1CCCCCC1.